The topological polar surface area (TPSA) is 64.6 Å². The molecule has 0 spiro atoms. The van der Waals surface area contributed by atoms with Crippen molar-refractivity contribution in [2.45, 2.75) is 45.8 Å². The van der Waals surface area contributed by atoms with E-state index in [2.05, 4.69) is 5.32 Å². The number of hydrogen-bond donors (Lipinski definition) is 1. The molecular formula is C20H25NO4. The highest BCUT2D eigenvalue weighted by Gasteiger charge is 2.23. The Morgan fingerprint density at radius 2 is 1.60 bits per heavy atom. The van der Waals surface area contributed by atoms with Crippen LogP contribution < -0.4 is 10.1 Å². The molecule has 0 aliphatic carbocycles. The highest BCUT2D eigenvalue weighted by Crippen LogP contribution is 2.26. The second-order valence-electron chi connectivity index (χ2n) is 6.44. The molecule has 5 nitrogen and oxygen atoms in total. The number of carbonyl (C=O) groups is 2. The summed E-state index contributed by atoms with van der Waals surface area (Å²) in [6.45, 7) is 7.08. The van der Waals surface area contributed by atoms with Crippen LogP contribution in [0.5, 0.6) is 5.75 Å². The fraction of sp³-hybridized carbons (Fsp3) is 0.400. The van der Waals surface area contributed by atoms with E-state index in [1.165, 1.54) is 0 Å². The summed E-state index contributed by atoms with van der Waals surface area (Å²) in [5.41, 5.74) is 0.846. The monoisotopic (exact) mass is 343 g/mol. The summed E-state index contributed by atoms with van der Waals surface area (Å²) in [6, 6.07) is 11.6. The van der Waals surface area contributed by atoms with Crippen molar-refractivity contribution in [1.82, 2.24) is 5.32 Å². The van der Waals surface area contributed by atoms with Gasteiger partial charge in [0.05, 0.1) is 13.0 Å². The van der Waals surface area contributed by atoms with Gasteiger partial charge in [0.1, 0.15) is 5.75 Å². The molecule has 0 radical (unpaired) electrons. The quantitative estimate of drug-likeness (QED) is 0.817. The maximum atomic E-state index is 12.4. The van der Waals surface area contributed by atoms with Gasteiger partial charge >= 0.3 is 5.97 Å². The number of rotatable bonds is 6. The average molecular weight is 343 g/mol. The lowest BCUT2D eigenvalue weighted by Crippen LogP contribution is -2.40. The second-order valence-corrected chi connectivity index (χ2v) is 6.44. The van der Waals surface area contributed by atoms with Gasteiger partial charge in [-0.3, -0.25) is 9.59 Å². The van der Waals surface area contributed by atoms with Gasteiger partial charge < -0.3 is 14.8 Å². The zero-order chi connectivity index (χ0) is 18.6. The molecule has 25 heavy (non-hydrogen) atoms. The summed E-state index contributed by atoms with van der Waals surface area (Å²) in [7, 11) is 1.63. The number of fused-ring (bicyclic) bond motifs is 1. The molecule has 2 rings (SSSR count). The van der Waals surface area contributed by atoms with Gasteiger partial charge in [-0.25, -0.2) is 0 Å². The molecule has 0 aliphatic heterocycles. The molecule has 5 heteroatoms. The van der Waals surface area contributed by atoms with Gasteiger partial charge in [0.2, 0.25) is 0 Å². The minimum absolute atomic E-state index is 0.00329. The van der Waals surface area contributed by atoms with E-state index in [1.54, 1.807) is 21.0 Å². The van der Waals surface area contributed by atoms with E-state index in [9.17, 15) is 9.59 Å². The van der Waals surface area contributed by atoms with Gasteiger partial charge in [-0.15, -0.1) is 0 Å². The Balaban J connectivity index is 2.11. The maximum Gasteiger partial charge on any atom is 0.313 e. The van der Waals surface area contributed by atoms with Crippen LogP contribution in [0.3, 0.4) is 0 Å². The first-order valence-electron chi connectivity index (χ1n) is 8.40. The molecular weight excluding hydrogens is 318 g/mol. The average Bonchev–Trinajstić information content (AvgIpc) is 2.59. The highest BCUT2D eigenvalue weighted by molar-refractivity contribution is 5.88. The number of nitrogens with one attached hydrogen (secondary N) is 1. The predicted octanol–water partition coefficient (Wildman–Crippen LogP) is 3.41. The van der Waals surface area contributed by atoms with Crippen molar-refractivity contribution < 1.29 is 19.1 Å². The summed E-state index contributed by atoms with van der Waals surface area (Å²) in [5.74, 6) is -0.376. The third-order valence-corrected chi connectivity index (χ3v) is 4.02. The number of carbonyl (C=O) groups excluding carboxylic acids is 2. The largest absolute Gasteiger partial charge is 0.497 e. The van der Waals surface area contributed by atoms with E-state index in [0.29, 0.717) is 0 Å². The summed E-state index contributed by atoms with van der Waals surface area (Å²) in [4.78, 5) is 24.2. The first-order chi connectivity index (χ1) is 11.8. The van der Waals surface area contributed by atoms with Crippen LogP contribution in [0, 0.1) is 0 Å². The third-order valence-electron chi connectivity index (χ3n) is 4.02. The molecule has 1 amide bonds. The zero-order valence-electron chi connectivity index (χ0n) is 15.3. The fourth-order valence-electron chi connectivity index (χ4n) is 2.51. The van der Waals surface area contributed by atoms with Crippen LogP contribution in [0.15, 0.2) is 36.4 Å². The smallest absolute Gasteiger partial charge is 0.313 e. The number of amides is 1. The van der Waals surface area contributed by atoms with Gasteiger partial charge in [0, 0.05) is 6.04 Å². The van der Waals surface area contributed by atoms with Crippen LogP contribution in [-0.4, -0.2) is 31.1 Å². The van der Waals surface area contributed by atoms with Crippen molar-refractivity contribution >= 4 is 22.6 Å². The van der Waals surface area contributed by atoms with Gasteiger partial charge in [-0.05, 0) is 56.2 Å². The third kappa shape index (κ3) is 4.72. The van der Waals surface area contributed by atoms with Crippen LogP contribution in [0.2, 0.25) is 0 Å². The van der Waals surface area contributed by atoms with Crippen LogP contribution in [-0.2, 0) is 14.3 Å². The molecule has 2 aromatic carbocycles. The van der Waals surface area contributed by atoms with Crippen LogP contribution >= 0.6 is 0 Å². The molecule has 0 saturated heterocycles. The fourth-order valence-corrected chi connectivity index (χ4v) is 2.51. The van der Waals surface area contributed by atoms with Crippen LogP contribution in [0.4, 0.5) is 0 Å². The number of benzene rings is 2. The summed E-state index contributed by atoms with van der Waals surface area (Å²) in [5, 5.41) is 4.79. The second kappa shape index (κ2) is 8.01. The lowest BCUT2D eigenvalue weighted by atomic mass is 9.98. The van der Waals surface area contributed by atoms with E-state index >= 15 is 0 Å². The Bertz CT molecular complexity index is 769. The van der Waals surface area contributed by atoms with Crippen LogP contribution in [0.25, 0.3) is 10.8 Å². The van der Waals surface area contributed by atoms with Gasteiger partial charge in [-0.1, -0.05) is 24.3 Å². The zero-order valence-corrected chi connectivity index (χ0v) is 15.3. The van der Waals surface area contributed by atoms with E-state index in [4.69, 9.17) is 9.47 Å². The molecule has 0 heterocycles. The molecule has 0 aliphatic rings. The van der Waals surface area contributed by atoms with Gasteiger partial charge in [0.25, 0.3) is 5.91 Å². The Kier molecular flexibility index (Phi) is 6.02. The molecule has 0 fully saturated rings. The van der Waals surface area contributed by atoms with Crippen molar-refractivity contribution in [2.75, 3.05) is 7.11 Å². The number of hydrogen-bond acceptors (Lipinski definition) is 4. The minimum atomic E-state index is -0.818. The first kappa shape index (κ1) is 18.8. The normalized spacial score (nSPS) is 13.4. The minimum Gasteiger partial charge on any atom is -0.497 e. The molecule has 0 aromatic heterocycles. The molecule has 2 aromatic rings. The number of esters is 1. The number of methoxy groups -OCH3 is 1. The Morgan fingerprint density at radius 1 is 0.960 bits per heavy atom. The SMILES string of the molecule is COc1ccc2cc([C@H](C)C(=O)O[C@@H](C)C(=O)NC(C)C)ccc2c1. The van der Waals surface area contributed by atoms with Crippen molar-refractivity contribution in [1.29, 1.82) is 0 Å². The van der Waals surface area contributed by atoms with Crippen LogP contribution in [0.1, 0.15) is 39.2 Å². The van der Waals surface area contributed by atoms with Gasteiger partial charge in [0.15, 0.2) is 6.10 Å². The standard InChI is InChI=1S/C20H25NO4/c1-12(2)21-19(22)14(4)25-20(23)13(3)15-6-7-17-11-18(24-5)9-8-16(17)10-15/h6-14H,1-5H3,(H,21,22)/t13-,14-/m0/s1. The lowest BCUT2D eigenvalue weighted by molar-refractivity contribution is -0.156. The van der Waals surface area contributed by atoms with E-state index in [1.807, 2.05) is 50.2 Å². The Labute approximate surface area is 148 Å². The lowest BCUT2D eigenvalue weighted by Gasteiger charge is -2.18. The molecule has 0 unspecified atom stereocenters. The van der Waals surface area contributed by atoms with E-state index in [-0.39, 0.29) is 11.9 Å². The first-order valence-corrected chi connectivity index (χ1v) is 8.40. The Morgan fingerprint density at radius 3 is 2.24 bits per heavy atom. The number of ether oxygens (including phenoxy) is 2. The van der Waals surface area contributed by atoms with Crippen molar-refractivity contribution in [3.05, 3.63) is 42.0 Å². The van der Waals surface area contributed by atoms with Gasteiger partial charge in [-0.2, -0.15) is 0 Å². The van der Waals surface area contributed by atoms with Crippen molar-refractivity contribution in [2.24, 2.45) is 0 Å². The maximum absolute atomic E-state index is 12.4. The highest BCUT2D eigenvalue weighted by atomic mass is 16.5. The Hall–Kier alpha value is -2.56. The van der Waals surface area contributed by atoms with E-state index in [0.717, 1.165) is 22.1 Å². The molecule has 134 valence electrons. The molecule has 0 bridgehead atoms. The molecule has 1 N–H and O–H groups in total. The van der Waals surface area contributed by atoms with E-state index < -0.39 is 18.0 Å². The van der Waals surface area contributed by atoms with Crippen molar-refractivity contribution in [3.63, 3.8) is 0 Å². The molecule has 0 saturated carbocycles. The summed E-state index contributed by atoms with van der Waals surface area (Å²) in [6.07, 6.45) is -0.818. The summed E-state index contributed by atoms with van der Waals surface area (Å²) < 4.78 is 10.5. The molecule has 2 atom stereocenters. The van der Waals surface area contributed by atoms with Crippen molar-refractivity contribution in [3.8, 4) is 5.75 Å². The predicted molar refractivity (Wildman–Crippen MR) is 97.7 cm³/mol. The summed E-state index contributed by atoms with van der Waals surface area (Å²) >= 11 is 0.